The summed E-state index contributed by atoms with van der Waals surface area (Å²) >= 11 is 0. The summed E-state index contributed by atoms with van der Waals surface area (Å²) in [5, 5.41) is 1.14. The van der Waals surface area contributed by atoms with Crippen molar-refractivity contribution in [3.05, 3.63) is 216 Å². The molecule has 0 atom stereocenters. The van der Waals surface area contributed by atoms with Crippen molar-refractivity contribution in [1.82, 2.24) is 4.98 Å². The predicted molar refractivity (Wildman–Crippen MR) is 205 cm³/mol. The topological polar surface area (TPSA) is 16.1 Å². The van der Waals surface area contributed by atoms with Crippen LogP contribution in [0, 0.1) is 0 Å². The first-order chi connectivity index (χ1) is 24.2. The van der Waals surface area contributed by atoms with Crippen LogP contribution in [0.2, 0.25) is 0 Å². The Bertz CT molecular complexity index is 2410. The molecule has 0 unspecified atom stereocenters. The zero-order chi connectivity index (χ0) is 33.0. The fourth-order valence-electron chi connectivity index (χ4n) is 8.24. The van der Waals surface area contributed by atoms with Crippen LogP contribution in [-0.2, 0) is 5.41 Å². The number of aromatic nitrogens is 1. The second-order valence-corrected chi connectivity index (χ2v) is 12.7. The van der Waals surface area contributed by atoms with Crippen molar-refractivity contribution in [2.75, 3.05) is 4.90 Å². The lowest BCUT2D eigenvalue weighted by Crippen LogP contribution is -2.37. The third kappa shape index (κ3) is 4.24. The van der Waals surface area contributed by atoms with Gasteiger partial charge in [-0.15, -0.1) is 0 Å². The minimum absolute atomic E-state index is 0.584. The highest BCUT2D eigenvalue weighted by atomic mass is 15.2. The largest absolute Gasteiger partial charge is 0.310 e. The number of nitrogens with zero attached hydrogens (tertiary/aromatic N) is 2. The Morgan fingerprint density at radius 1 is 0.612 bits per heavy atom. The molecule has 232 valence electrons. The van der Waals surface area contributed by atoms with E-state index in [1.807, 2.05) is 12.3 Å². The van der Waals surface area contributed by atoms with Crippen LogP contribution >= 0.6 is 0 Å². The zero-order valence-electron chi connectivity index (χ0n) is 27.3. The van der Waals surface area contributed by atoms with Crippen LogP contribution in [0.1, 0.15) is 34.7 Å². The number of hydrogen-bond acceptors (Lipinski definition) is 2. The van der Waals surface area contributed by atoms with Crippen LogP contribution in [0.15, 0.2) is 188 Å². The second kappa shape index (κ2) is 11.5. The van der Waals surface area contributed by atoms with Gasteiger partial charge in [0.15, 0.2) is 0 Å². The van der Waals surface area contributed by atoms with Gasteiger partial charge >= 0.3 is 0 Å². The SMILES string of the molecule is C=C(C1=C(/C=C\C)c2ccccc2C12c1ccccc1N(c1ccccc1)c1ccccc12)c1ccc(-c2cccc3cccnc23)cc1. The lowest BCUT2D eigenvalue weighted by Gasteiger charge is -2.46. The molecule has 0 saturated carbocycles. The number of anilines is 3. The van der Waals surface area contributed by atoms with Gasteiger partial charge in [0.05, 0.1) is 22.3 Å². The zero-order valence-corrected chi connectivity index (χ0v) is 27.3. The van der Waals surface area contributed by atoms with Crippen molar-refractivity contribution >= 4 is 39.1 Å². The average molecular weight is 627 g/mol. The highest BCUT2D eigenvalue weighted by Gasteiger charge is 2.53. The van der Waals surface area contributed by atoms with Crippen molar-refractivity contribution < 1.29 is 0 Å². The van der Waals surface area contributed by atoms with E-state index in [9.17, 15) is 0 Å². The number of fused-ring (bicyclic) bond motifs is 7. The summed E-state index contributed by atoms with van der Waals surface area (Å²) in [7, 11) is 0. The minimum Gasteiger partial charge on any atom is -0.310 e. The number of para-hydroxylation sites is 4. The maximum Gasteiger partial charge on any atom is 0.0780 e. The van der Waals surface area contributed by atoms with Crippen molar-refractivity contribution in [2.45, 2.75) is 12.3 Å². The summed E-state index contributed by atoms with van der Waals surface area (Å²) in [5.74, 6) is 0. The molecule has 0 N–H and O–H groups in total. The number of benzene rings is 6. The Labute approximate surface area is 287 Å². The molecule has 0 amide bonds. The highest BCUT2D eigenvalue weighted by Crippen LogP contribution is 2.64. The predicted octanol–water partition coefficient (Wildman–Crippen LogP) is 12.1. The summed E-state index contributed by atoms with van der Waals surface area (Å²) in [4.78, 5) is 7.14. The summed E-state index contributed by atoms with van der Waals surface area (Å²) in [6, 6.07) is 56.9. The maximum atomic E-state index is 4.93. The van der Waals surface area contributed by atoms with E-state index in [0.29, 0.717) is 0 Å². The Balaban J connectivity index is 1.29. The van der Waals surface area contributed by atoms with Gasteiger partial charge in [0, 0.05) is 22.8 Å². The van der Waals surface area contributed by atoms with Gasteiger partial charge in [0.25, 0.3) is 0 Å². The maximum absolute atomic E-state index is 4.93. The van der Waals surface area contributed by atoms with E-state index in [1.165, 1.54) is 44.8 Å². The minimum atomic E-state index is -0.584. The molecule has 1 aromatic heterocycles. The molecule has 7 aromatic rings. The fourth-order valence-corrected chi connectivity index (χ4v) is 8.24. The molecule has 6 aromatic carbocycles. The summed E-state index contributed by atoms with van der Waals surface area (Å²) in [6.45, 7) is 7.03. The molecule has 1 aliphatic carbocycles. The first-order valence-electron chi connectivity index (χ1n) is 16.9. The third-order valence-corrected chi connectivity index (χ3v) is 10.2. The van der Waals surface area contributed by atoms with E-state index in [1.54, 1.807) is 0 Å². The number of allylic oxidation sites excluding steroid dienone is 5. The molecule has 2 heteroatoms. The third-order valence-electron chi connectivity index (χ3n) is 10.2. The molecule has 2 nitrogen and oxygen atoms in total. The van der Waals surface area contributed by atoms with Crippen LogP contribution in [0.25, 0.3) is 33.2 Å². The van der Waals surface area contributed by atoms with E-state index in [4.69, 9.17) is 11.6 Å². The van der Waals surface area contributed by atoms with Crippen molar-refractivity contribution in [3.63, 3.8) is 0 Å². The molecular formula is C47H34N2. The molecule has 0 bridgehead atoms. The molecule has 1 aliphatic heterocycles. The molecular weight excluding hydrogens is 593 g/mol. The van der Waals surface area contributed by atoms with E-state index in [0.717, 1.165) is 38.9 Å². The van der Waals surface area contributed by atoms with E-state index < -0.39 is 5.41 Å². The van der Waals surface area contributed by atoms with Gasteiger partial charge in [-0.3, -0.25) is 4.98 Å². The van der Waals surface area contributed by atoms with Crippen molar-refractivity contribution in [3.8, 4) is 11.1 Å². The smallest absolute Gasteiger partial charge is 0.0780 e. The lowest BCUT2D eigenvalue weighted by molar-refractivity contribution is 0.750. The molecule has 1 spiro atoms. The molecule has 2 heterocycles. The summed E-state index contributed by atoms with van der Waals surface area (Å²) in [6.07, 6.45) is 6.30. The van der Waals surface area contributed by atoms with E-state index >= 15 is 0 Å². The number of rotatable bonds is 5. The average Bonchev–Trinajstić information content (AvgIpc) is 3.45. The number of hydrogen-bond donors (Lipinski definition) is 0. The molecule has 49 heavy (non-hydrogen) atoms. The van der Waals surface area contributed by atoms with Crippen molar-refractivity contribution in [2.24, 2.45) is 0 Å². The number of pyridine rings is 1. The molecule has 0 fully saturated rings. The second-order valence-electron chi connectivity index (χ2n) is 12.7. The van der Waals surface area contributed by atoms with Gasteiger partial charge < -0.3 is 4.90 Å². The summed E-state index contributed by atoms with van der Waals surface area (Å²) in [5.41, 5.74) is 15.8. The fraction of sp³-hybridized carbons (Fsp3) is 0.0426. The van der Waals surface area contributed by atoms with Gasteiger partial charge in [-0.1, -0.05) is 146 Å². The Hall–Kier alpha value is -6.25. The van der Waals surface area contributed by atoms with Crippen LogP contribution in [-0.4, -0.2) is 4.98 Å². The van der Waals surface area contributed by atoms with Crippen LogP contribution in [0.4, 0.5) is 17.1 Å². The summed E-state index contributed by atoms with van der Waals surface area (Å²) < 4.78 is 0. The van der Waals surface area contributed by atoms with Gasteiger partial charge in [-0.25, -0.2) is 0 Å². The van der Waals surface area contributed by atoms with Crippen molar-refractivity contribution in [1.29, 1.82) is 0 Å². The Morgan fingerprint density at radius 2 is 1.22 bits per heavy atom. The first-order valence-corrected chi connectivity index (χ1v) is 16.9. The Kier molecular flexibility index (Phi) is 6.77. The highest BCUT2D eigenvalue weighted by molar-refractivity contribution is 6.05. The van der Waals surface area contributed by atoms with Crippen LogP contribution in [0.5, 0.6) is 0 Å². The molecule has 0 radical (unpaired) electrons. The standard InChI is InChI=1S/C47H34N2/c1-3-15-39-38-20-7-8-22-40(38)47(41-23-9-11-25-43(41)49(36-18-5-4-6-19-36)44-26-12-10-24-42(44)47)45(39)32(2)33-27-29-34(30-28-33)37-21-13-16-35-17-14-31-48-46(35)37/h3-31H,2H2,1H3/b15-3-. The van der Waals surface area contributed by atoms with Gasteiger partial charge in [-0.05, 0) is 87.4 Å². The van der Waals surface area contributed by atoms with E-state index in [2.05, 4.69) is 176 Å². The quantitative estimate of drug-likeness (QED) is 0.189. The first kappa shape index (κ1) is 28.9. The van der Waals surface area contributed by atoms with Gasteiger partial charge in [0.1, 0.15) is 0 Å². The van der Waals surface area contributed by atoms with Gasteiger partial charge in [0.2, 0.25) is 0 Å². The lowest BCUT2D eigenvalue weighted by atomic mass is 9.62. The molecule has 0 saturated heterocycles. The van der Waals surface area contributed by atoms with E-state index in [-0.39, 0.29) is 0 Å². The normalized spacial score (nSPS) is 14.3. The molecule has 9 rings (SSSR count). The van der Waals surface area contributed by atoms with Gasteiger partial charge in [-0.2, -0.15) is 0 Å². The van der Waals surface area contributed by atoms with Crippen LogP contribution < -0.4 is 4.90 Å². The van der Waals surface area contributed by atoms with Crippen LogP contribution in [0.3, 0.4) is 0 Å². The molecule has 2 aliphatic rings. The Morgan fingerprint density at radius 3 is 1.94 bits per heavy atom. The monoisotopic (exact) mass is 626 g/mol.